The zero-order valence-corrected chi connectivity index (χ0v) is 14.4. The van der Waals surface area contributed by atoms with Gasteiger partial charge in [0.25, 0.3) is 0 Å². The number of phenols is 1. The van der Waals surface area contributed by atoms with E-state index >= 15 is 0 Å². The molecule has 0 saturated heterocycles. The molecule has 2 rings (SSSR count). The van der Waals surface area contributed by atoms with Crippen LogP contribution in [0, 0.1) is 0 Å². The third-order valence-corrected chi connectivity index (χ3v) is 3.77. The highest BCUT2D eigenvalue weighted by atomic mass is 35.5. The van der Waals surface area contributed by atoms with Crippen molar-refractivity contribution in [2.24, 2.45) is 5.73 Å². The Labute approximate surface area is 144 Å². The van der Waals surface area contributed by atoms with E-state index in [1.807, 2.05) is 42.5 Å². The van der Waals surface area contributed by atoms with Crippen LogP contribution in [0.5, 0.6) is 11.5 Å². The Hall–Kier alpha value is -1.71. The summed E-state index contributed by atoms with van der Waals surface area (Å²) in [7, 11) is 0. The maximum atomic E-state index is 10.2. The molecule has 0 aliphatic heterocycles. The van der Waals surface area contributed by atoms with Crippen LogP contribution in [-0.4, -0.2) is 5.11 Å². The van der Waals surface area contributed by atoms with Gasteiger partial charge in [0.1, 0.15) is 18.1 Å². The van der Waals surface area contributed by atoms with Gasteiger partial charge in [-0.2, -0.15) is 0 Å². The highest BCUT2D eigenvalue weighted by molar-refractivity contribution is 5.85. The first-order chi connectivity index (χ1) is 10.7. The molecule has 0 aliphatic carbocycles. The Bertz CT molecular complexity index is 575. The Morgan fingerprint density at radius 1 is 1.09 bits per heavy atom. The van der Waals surface area contributed by atoms with Gasteiger partial charge in [-0.05, 0) is 18.1 Å². The molecule has 126 valence electrons. The highest BCUT2D eigenvalue weighted by Crippen LogP contribution is 2.30. The minimum Gasteiger partial charge on any atom is -0.507 e. The van der Waals surface area contributed by atoms with Crippen LogP contribution in [0.2, 0.25) is 0 Å². The molecule has 0 aromatic heterocycles. The van der Waals surface area contributed by atoms with Gasteiger partial charge < -0.3 is 15.6 Å². The van der Waals surface area contributed by atoms with Gasteiger partial charge in [0.15, 0.2) is 0 Å². The summed E-state index contributed by atoms with van der Waals surface area (Å²) >= 11 is 0. The lowest BCUT2D eigenvalue weighted by Crippen LogP contribution is -2.10. The van der Waals surface area contributed by atoms with E-state index in [0.29, 0.717) is 12.4 Å². The van der Waals surface area contributed by atoms with E-state index in [4.69, 9.17) is 10.5 Å². The van der Waals surface area contributed by atoms with Gasteiger partial charge in [0, 0.05) is 17.7 Å². The first-order valence-corrected chi connectivity index (χ1v) is 7.96. The lowest BCUT2D eigenvalue weighted by molar-refractivity contribution is 0.304. The molecule has 2 aromatic carbocycles. The molecule has 0 bridgehead atoms. The average Bonchev–Trinajstić information content (AvgIpc) is 2.54. The van der Waals surface area contributed by atoms with Crippen molar-refractivity contribution in [3.63, 3.8) is 0 Å². The molecule has 2 aromatic rings. The minimum atomic E-state index is -0.116. The molecular weight excluding hydrogens is 310 g/mol. The first-order valence-electron chi connectivity index (χ1n) is 7.96. The first kappa shape index (κ1) is 19.3. The van der Waals surface area contributed by atoms with Gasteiger partial charge in [-0.15, -0.1) is 12.4 Å². The number of nitrogens with two attached hydrogens (primary N) is 1. The molecule has 3 nitrogen and oxygen atoms in total. The fourth-order valence-electron chi connectivity index (χ4n) is 2.44. The van der Waals surface area contributed by atoms with Crippen LogP contribution in [0.3, 0.4) is 0 Å². The summed E-state index contributed by atoms with van der Waals surface area (Å²) in [5.41, 5.74) is 8.04. The fraction of sp³-hybridized carbons (Fsp3) is 0.368. The highest BCUT2D eigenvalue weighted by Gasteiger charge is 2.11. The van der Waals surface area contributed by atoms with Gasteiger partial charge in [0.2, 0.25) is 0 Å². The van der Waals surface area contributed by atoms with E-state index in [9.17, 15) is 5.11 Å². The van der Waals surface area contributed by atoms with Crippen molar-refractivity contribution in [3.8, 4) is 11.5 Å². The van der Waals surface area contributed by atoms with Gasteiger partial charge in [-0.1, -0.05) is 62.6 Å². The van der Waals surface area contributed by atoms with Crippen LogP contribution >= 0.6 is 12.4 Å². The maximum Gasteiger partial charge on any atom is 0.124 e. The smallest absolute Gasteiger partial charge is 0.124 e. The number of phenolic OH excluding ortho intramolecular Hbond substituents is 1. The predicted molar refractivity (Wildman–Crippen MR) is 97.2 cm³/mol. The van der Waals surface area contributed by atoms with Gasteiger partial charge >= 0.3 is 0 Å². The molecule has 0 amide bonds. The third-order valence-electron chi connectivity index (χ3n) is 3.77. The molecule has 0 fully saturated rings. The number of benzene rings is 2. The Balaban J connectivity index is 0.00000264. The molecule has 23 heavy (non-hydrogen) atoms. The molecule has 0 unspecified atom stereocenters. The normalized spacial score (nSPS) is 11.6. The molecule has 4 heteroatoms. The maximum absolute atomic E-state index is 10.2. The number of halogens is 1. The van der Waals surface area contributed by atoms with Crippen LogP contribution in [0.1, 0.15) is 49.8 Å². The number of hydrogen-bond donors (Lipinski definition) is 2. The summed E-state index contributed by atoms with van der Waals surface area (Å²) < 4.78 is 5.71. The van der Waals surface area contributed by atoms with Crippen molar-refractivity contribution in [1.29, 1.82) is 0 Å². The number of hydrogen-bond acceptors (Lipinski definition) is 3. The standard InChI is InChI=1S/C19H25NO2.ClH/c1-2-3-5-10-18(20)17-12-11-16(13-19(17)21)22-14-15-8-6-4-7-9-15;/h4,6-9,11-13,18,21H,2-3,5,10,14,20H2,1H3;1H/t18-;/m0./s1. The van der Waals surface area contributed by atoms with Crippen molar-refractivity contribution in [2.45, 2.75) is 45.3 Å². The summed E-state index contributed by atoms with van der Waals surface area (Å²) in [5.74, 6) is 0.875. The zero-order valence-electron chi connectivity index (χ0n) is 13.6. The van der Waals surface area contributed by atoms with Crippen molar-refractivity contribution in [2.75, 3.05) is 0 Å². The lowest BCUT2D eigenvalue weighted by atomic mass is 10.0. The molecule has 1 atom stereocenters. The third kappa shape index (κ3) is 6.12. The van der Waals surface area contributed by atoms with Crippen LogP contribution in [0.15, 0.2) is 48.5 Å². The van der Waals surface area contributed by atoms with Crippen LogP contribution in [0.4, 0.5) is 0 Å². The quantitative estimate of drug-likeness (QED) is 0.669. The average molecular weight is 336 g/mol. The van der Waals surface area contributed by atoms with Gasteiger partial charge in [0.05, 0.1) is 0 Å². The van der Waals surface area contributed by atoms with E-state index in [1.165, 1.54) is 12.8 Å². The summed E-state index contributed by atoms with van der Waals surface area (Å²) in [6.07, 6.45) is 4.33. The van der Waals surface area contributed by atoms with Crippen LogP contribution < -0.4 is 10.5 Å². The predicted octanol–water partition coefficient (Wildman–Crippen LogP) is 4.97. The number of ether oxygens (including phenoxy) is 1. The van der Waals surface area contributed by atoms with Crippen LogP contribution in [0.25, 0.3) is 0 Å². The Morgan fingerprint density at radius 2 is 1.83 bits per heavy atom. The molecule has 0 radical (unpaired) electrons. The second kappa shape index (κ2) is 10.1. The fourth-order valence-corrected chi connectivity index (χ4v) is 2.44. The van der Waals surface area contributed by atoms with Crippen molar-refractivity contribution >= 4 is 12.4 Å². The second-order valence-corrected chi connectivity index (χ2v) is 5.60. The SMILES string of the molecule is CCCCC[C@H](N)c1ccc(OCc2ccccc2)cc1O.Cl. The largest absolute Gasteiger partial charge is 0.507 e. The van der Waals surface area contributed by atoms with E-state index in [-0.39, 0.29) is 24.2 Å². The van der Waals surface area contributed by atoms with E-state index in [0.717, 1.165) is 24.0 Å². The van der Waals surface area contributed by atoms with Crippen molar-refractivity contribution in [3.05, 3.63) is 59.7 Å². The van der Waals surface area contributed by atoms with Crippen molar-refractivity contribution < 1.29 is 9.84 Å². The summed E-state index contributed by atoms with van der Waals surface area (Å²) in [4.78, 5) is 0. The molecule has 0 aliphatic rings. The molecular formula is C19H26ClNO2. The van der Waals surface area contributed by atoms with E-state index < -0.39 is 0 Å². The number of aromatic hydroxyl groups is 1. The monoisotopic (exact) mass is 335 g/mol. The summed E-state index contributed by atoms with van der Waals surface area (Å²) in [6.45, 7) is 2.66. The Kier molecular flexibility index (Phi) is 8.52. The summed E-state index contributed by atoms with van der Waals surface area (Å²) in [6, 6.07) is 15.2. The van der Waals surface area contributed by atoms with Crippen LogP contribution in [-0.2, 0) is 6.61 Å². The zero-order chi connectivity index (χ0) is 15.8. The van der Waals surface area contributed by atoms with E-state index in [1.54, 1.807) is 6.07 Å². The molecule has 0 saturated carbocycles. The second-order valence-electron chi connectivity index (χ2n) is 5.60. The van der Waals surface area contributed by atoms with Crippen molar-refractivity contribution in [1.82, 2.24) is 0 Å². The number of rotatable bonds is 8. The summed E-state index contributed by atoms with van der Waals surface area (Å²) in [5, 5.41) is 10.2. The van der Waals surface area contributed by atoms with Gasteiger partial charge in [-0.3, -0.25) is 0 Å². The number of unbranched alkanes of at least 4 members (excludes halogenated alkanes) is 2. The van der Waals surface area contributed by atoms with Gasteiger partial charge in [-0.25, -0.2) is 0 Å². The lowest BCUT2D eigenvalue weighted by Gasteiger charge is -2.15. The topological polar surface area (TPSA) is 55.5 Å². The molecule has 3 N–H and O–H groups in total. The van der Waals surface area contributed by atoms with E-state index in [2.05, 4.69) is 6.92 Å². The Morgan fingerprint density at radius 3 is 2.48 bits per heavy atom. The molecule has 0 heterocycles. The molecule has 0 spiro atoms. The minimum absolute atomic E-state index is 0.